The molecule has 0 atom stereocenters. The first kappa shape index (κ1) is 19.5. The lowest BCUT2D eigenvalue weighted by molar-refractivity contribution is -0.118. The zero-order valence-electron chi connectivity index (χ0n) is 15.9. The molecule has 1 N–H and O–H groups in total. The molecule has 0 aromatic heterocycles. The van der Waals surface area contributed by atoms with E-state index >= 15 is 0 Å². The zero-order valence-corrected chi connectivity index (χ0v) is 15.9. The fourth-order valence-corrected chi connectivity index (χ4v) is 2.62. The van der Waals surface area contributed by atoms with E-state index in [1.807, 2.05) is 24.3 Å². The number of methoxy groups -OCH3 is 1. The van der Waals surface area contributed by atoms with Crippen molar-refractivity contribution in [1.29, 1.82) is 0 Å². The number of carbonyl (C=O) groups is 2. The van der Waals surface area contributed by atoms with Crippen LogP contribution in [0.3, 0.4) is 0 Å². The molecule has 0 saturated heterocycles. The molecule has 0 heterocycles. The molecule has 0 aliphatic heterocycles. The van der Waals surface area contributed by atoms with Gasteiger partial charge in [0.15, 0.2) is 12.4 Å². The number of para-hydroxylation sites is 1. The van der Waals surface area contributed by atoms with E-state index in [0.29, 0.717) is 17.1 Å². The zero-order chi connectivity index (χ0) is 19.3. The topological polar surface area (TPSA) is 64.6 Å². The summed E-state index contributed by atoms with van der Waals surface area (Å²) in [6.07, 6.45) is 0. The maximum Gasteiger partial charge on any atom is 0.262 e. The highest BCUT2D eigenvalue weighted by Gasteiger charge is 2.19. The number of ether oxygens (including phenoxy) is 2. The Balaban J connectivity index is 2.12. The van der Waals surface area contributed by atoms with Crippen LogP contribution in [0.4, 0.5) is 5.69 Å². The first-order valence-electron chi connectivity index (χ1n) is 8.43. The minimum absolute atomic E-state index is 0.0979. The number of amides is 1. The summed E-state index contributed by atoms with van der Waals surface area (Å²) in [6, 6.07) is 12.6. The van der Waals surface area contributed by atoms with Gasteiger partial charge in [-0.15, -0.1) is 0 Å². The Bertz CT molecular complexity index is 806. The van der Waals surface area contributed by atoms with Crippen LogP contribution in [0.25, 0.3) is 0 Å². The van der Waals surface area contributed by atoms with Crippen molar-refractivity contribution in [2.24, 2.45) is 0 Å². The van der Waals surface area contributed by atoms with Gasteiger partial charge in [-0.2, -0.15) is 0 Å². The number of carbonyl (C=O) groups excluding carboxylic acids is 2. The minimum Gasteiger partial charge on any atom is -0.497 e. The van der Waals surface area contributed by atoms with Gasteiger partial charge in [0.1, 0.15) is 11.5 Å². The summed E-state index contributed by atoms with van der Waals surface area (Å²) >= 11 is 0. The molecule has 0 saturated carbocycles. The first-order chi connectivity index (χ1) is 12.2. The molecule has 0 bridgehead atoms. The van der Waals surface area contributed by atoms with Crippen LogP contribution in [0, 0.1) is 0 Å². The lowest BCUT2D eigenvalue weighted by atomic mass is 9.86. The Morgan fingerprint density at radius 1 is 1.08 bits per heavy atom. The van der Waals surface area contributed by atoms with Gasteiger partial charge in [0.2, 0.25) is 0 Å². The largest absolute Gasteiger partial charge is 0.497 e. The highest BCUT2D eigenvalue weighted by Crippen LogP contribution is 2.29. The molecule has 26 heavy (non-hydrogen) atoms. The number of nitrogens with one attached hydrogen (secondary N) is 1. The van der Waals surface area contributed by atoms with Crippen LogP contribution in [0.2, 0.25) is 0 Å². The number of anilines is 1. The summed E-state index contributed by atoms with van der Waals surface area (Å²) in [5.41, 5.74) is 2.11. The maximum absolute atomic E-state index is 12.3. The van der Waals surface area contributed by atoms with E-state index in [1.54, 1.807) is 18.2 Å². The summed E-state index contributed by atoms with van der Waals surface area (Å²) in [6.45, 7) is 7.51. The van der Waals surface area contributed by atoms with Crippen LogP contribution < -0.4 is 14.8 Å². The Labute approximate surface area is 154 Å². The van der Waals surface area contributed by atoms with Crippen molar-refractivity contribution >= 4 is 17.4 Å². The molecule has 0 aliphatic rings. The van der Waals surface area contributed by atoms with Gasteiger partial charge >= 0.3 is 0 Å². The average molecular weight is 355 g/mol. The molecule has 0 spiro atoms. The molecule has 0 radical (unpaired) electrons. The fraction of sp³-hybridized carbons (Fsp3) is 0.333. The Morgan fingerprint density at radius 2 is 1.77 bits per heavy atom. The molecule has 0 fully saturated rings. The second kappa shape index (κ2) is 8.04. The number of ketones is 1. The van der Waals surface area contributed by atoms with E-state index in [9.17, 15) is 9.59 Å². The number of benzene rings is 2. The van der Waals surface area contributed by atoms with Crippen molar-refractivity contribution in [3.8, 4) is 11.5 Å². The van der Waals surface area contributed by atoms with Gasteiger partial charge in [0, 0.05) is 11.8 Å². The molecular formula is C21H25NO4. The van der Waals surface area contributed by atoms with Gasteiger partial charge in [0.25, 0.3) is 5.91 Å². The van der Waals surface area contributed by atoms with E-state index < -0.39 is 0 Å². The van der Waals surface area contributed by atoms with Crippen LogP contribution in [0.1, 0.15) is 43.6 Å². The lowest BCUT2D eigenvalue weighted by Gasteiger charge is -2.23. The molecule has 2 aromatic rings. The predicted molar refractivity (Wildman–Crippen MR) is 102 cm³/mol. The molecule has 0 unspecified atom stereocenters. The van der Waals surface area contributed by atoms with Crippen molar-refractivity contribution in [3.05, 3.63) is 53.6 Å². The van der Waals surface area contributed by atoms with E-state index in [0.717, 1.165) is 11.3 Å². The number of hydrogen-bond donors (Lipinski definition) is 1. The van der Waals surface area contributed by atoms with Gasteiger partial charge in [-0.1, -0.05) is 39.0 Å². The van der Waals surface area contributed by atoms with E-state index in [2.05, 4.69) is 26.1 Å². The van der Waals surface area contributed by atoms with Crippen LogP contribution in [-0.4, -0.2) is 25.4 Å². The SMILES string of the molecule is COc1ccc(C(C)=O)c(OCC(=O)Nc2ccccc2C(C)(C)C)c1. The van der Waals surface area contributed by atoms with Crippen molar-refractivity contribution in [1.82, 2.24) is 0 Å². The van der Waals surface area contributed by atoms with Crippen molar-refractivity contribution < 1.29 is 19.1 Å². The third kappa shape index (κ3) is 4.85. The molecular weight excluding hydrogens is 330 g/mol. The third-order valence-corrected chi connectivity index (χ3v) is 3.94. The van der Waals surface area contributed by atoms with E-state index in [-0.39, 0.29) is 23.7 Å². The Morgan fingerprint density at radius 3 is 2.38 bits per heavy atom. The van der Waals surface area contributed by atoms with Crippen molar-refractivity contribution in [2.75, 3.05) is 19.0 Å². The second-order valence-corrected chi connectivity index (χ2v) is 7.05. The van der Waals surface area contributed by atoms with Crippen LogP contribution in [0.15, 0.2) is 42.5 Å². The Kier molecular flexibility index (Phi) is 6.03. The van der Waals surface area contributed by atoms with Crippen LogP contribution in [0.5, 0.6) is 11.5 Å². The Hall–Kier alpha value is -2.82. The number of rotatable bonds is 6. The summed E-state index contributed by atoms with van der Waals surface area (Å²) in [5, 5.41) is 2.88. The van der Waals surface area contributed by atoms with Gasteiger partial charge < -0.3 is 14.8 Å². The standard InChI is InChI=1S/C21H25NO4/c1-14(23)16-11-10-15(25-5)12-19(16)26-13-20(24)22-18-9-7-6-8-17(18)21(2,3)4/h6-12H,13H2,1-5H3,(H,22,24). The molecule has 138 valence electrons. The molecule has 5 nitrogen and oxygen atoms in total. The third-order valence-electron chi connectivity index (χ3n) is 3.94. The van der Waals surface area contributed by atoms with Gasteiger partial charge in [0.05, 0.1) is 12.7 Å². The highest BCUT2D eigenvalue weighted by molar-refractivity contribution is 5.97. The quantitative estimate of drug-likeness (QED) is 0.788. The molecule has 2 aromatic carbocycles. The van der Waals surface area contributed by atoms with Crippen molar-refractivity contribution in [2.45, 2.75) is 33.1 Å². The first-order valence-corrected chi connectivity index (χ1v) is 8.43. The molecule has 5 heteroatoms. The smallest absolute Gasteiger partial charge is 0.262 e. The molecule has 1 amide bonds. The average Bonchev–Trinajstić information content (AvgIpc) is 2.59. The minimum atomic E-state index is -0.293. The second-order valence-electron chi connectivity index (χ2n) is 7.05. The van der Waals surface area contributed by atoms with Crippen LogP contribution in [-0.2, 0) is 10.2 Å². The van der Waals surface area contributed by atoms with E-state index in [4.69, 9.17) is 9.47 Å². The van der Waals surface area contributed by atoms with Gasteiger partial charge in [-0.25, -0.2) is 0 Å². The lowest BCUT2D eigenvalue weighted by Crippen LogP contribution is -2.23. The van der Waals surface area contributed by atoms with Crippen molar-refractivity contribution in [3.63, 3.8) is 0 Å². The predicted octanol–water partition coefficient (Wildman–Crippen LogP) is 4.21. The summed E-state index contributed by atoms with van der Waals surface area (Å²) < 4.78 is 10.7. The summed E-state index contributed by atoms with van der Waals surface area (Å²) in [7, 11) is 1.53. The molecule has 0 aliphatic carbocycles. The fourth-order valence-electron chi connectivity index (χ4n) is 2.62. The highest BCUT2D eigenvalue weighted by atomic mass is 16.5. The summed E-state index contributed by atoms with van der Waals surface area (Å²) in [4.78, 5) is 24.1. The summed E-state index contributed by atoms with van der Waals surface area (Å²) in [5.74, 6) is 0.458. The van der Waals surface area contributed by atoms with Gasteiger partial charge in [-0.3, -0.25) is 9.59 Å². The number of Topliss-reactive ketones (excluding diaryl/α,β-unsaturated/α-hetero) is 1. The van der Waals surface area contributed by atoms with E-state index in [1.165, 1.54) is 14.0 Å². The normalized spacial score (nSPS) is 11.0. The van der Waals surface area contributed by atoms with Crippen LogP contribution >= 0.6 is 0 Å². The maximum atomic E-state index is 12.3. The van der Waals surface area contributed by atoms with Gasteiger partial charge in [-0.05, 0) is 36.1 Å². The molecule has 2 rings (SSSR count). The number of hydrogen-bond acceptors (Lipinski definition) is 4. The monoisotopic (exact) mass is 355 g/mol.